The van der Waals surface area contributed by atoms with Crippen LogP contribution in [-0.2, 0) is 4.79 Å². The highest BCUT2D eigenvalue weighted by molar-refractivity contribution is 5.93. The zero-order valence-electron chi connectivity index (χ0n) is 15.9. The molecule has 1 aromatic carbocycles. The first-order chi connectivity index (χ1) is 13.1. The molecule has 0 atom stereocenters. The number of benzene rings is 1. The number of ether oxygens (including phenoxy) is 2. The second kappa shape index (κ2) is 10.2. The van der Waals surface area contributed by atoms with Crippen LogP contribution in [0.25, 0.3) is 0 Å². The number of nitrogens with zero attached hydrogens (tertiary/aromatic N) is 3. The van der Waals surface area contributed by atoms with E-state index in [4.69, 9.17) is 14.7 Å². The Morgan fingerprint density at radius 2 is 2.07 bits per heavy atom. The lowest BCUT2D eigenvalue weighted by Gasteiger charge is -2.29. The molecule has 1 aliphatic carbocycles. The van der Waals surface area contributed by atoms with Crippen molar-refractivity contribution in [2.75, 3.05) is 21.2 Å². The molecule has 1 aliphatic rings. The summed E-state index contributed by atoms with van der Waals surface area (Å²) in [7, 11) is 4.76. The number of hydrogen-bond donors (Lipinski definition) is 2. The van der Waals surface area contributed by atoms with E-state index in [1.54, 1.807) is 25.2 Å². The molecule has 1 aromatic rings. The monoisotopic (exact) mass is 371 g/mol. The topological polar surface area (TPSA) is 108 Å². The van der Waals surface area contributed by atoms with Gasteiger partial charge in [0.2, 0.25) is 0 Å². The molecular formula is C19H25N5O3. The molecule has 0 saturated heterocycles. The van der Waals surface area contributed by atoms with Gasteiger partial charge >= 0.3 is 0 Å². The number of amides is 1. The van der Waals surface area contributed by atoms with E-state index in [0.29, 0.717) is 17.1 Å². The van der Waals surface area contributed by atoms with Crippen molar-refractivity contribution in [3.63, 3.8) is 0 Å². The van der Waals surface area contributed by atoms with E-state index in [-0.39, 0.29) is 23.8 Å². The molecule has 144 valence electrons. The molecule has 0 aliphatic heterocycles. The maximum atomic E-state index is 12.3. The first kappa shape index (κ1) is 20.2. The number of rotatable bonds is 7. The van der Waals surface area contributed by atoms with Crippen LogP contribution in [0.2, 0.25) is 0 Å². The Labute approximate surface area is 159 Å². The van der Waals surface area contributed by atoms with E-state index >= 15 is 0 Å². The van der Waals surface area contributed by atoms with Crippen molar-refractivity contribution >= 4 is 5.91 Å². The number of hydrogen-bond acceptors (Lipinski definition) is 7. The predicted octanol–water partition coefficient (Wildman–Crippen LogP) is 2.52. The minimum atomic E-state index is -0.240. The molecule has 27 heavy (non-hydrogen) atoms. The SMILES string of the molecule is C/N=N\C(=C/NC)C(=O)N[C@H]1CC[C@H](Oc2ccc(C#N)c(OC)c2)CC1. The van der Waals surface area contributed by atoms with Gasteiger partial charge in [0.1, 0.15) is 17.6 Å². The van der Waals surface area contributed by atoms with E-state index in [2.05, 4.69) is 26.9 Å². The van der Waals surface area contributed by atoms with Gasteiger partial charge in [-0.1, -0.05) is 0 Å². The molecule has 0 radical (unpaired) electrons. The highest BCUT2D eigenvalue weighted by Gasteiger charge is 2.25. The summed E-state index contributed by atoms with van der Waals surface area (Å²) in [5, 5.41) is 22.3. The lowest BCUT2D eigenvalue weighted by atomic mass is 9.93. The summed E-state index contributed by atoms with van der Waals surface area (Å²) in [5.74, 6) is 0.946. The van der Waals surface area contributed by atoms with Crippen molar-refractivity contribution in [2.24, 2.45) is 10.2 Å². The zero-order chi connectivity index (χ0) is 19.6. The van der Waals surface area contributed by atoms with Crippen LogP contribution >= 0.6 is 0 Å². The Bertz CT molecular complexity index is 746. The Hall–Kier alpha value is -3.08. The summed E-state index contributed by atoms with van der Waals surface area (Å²) in [5.41, 5.74) is 0.731. The van der Waals surface area contributed by atoms with Gasteiger partial charge < -0.3 is 20.1 Å². The molecule has 2 N–H and O–H groups in total. The van der Waals surface area contributed by atoms with Gasteiger partial charge in [0, 0.05) is 32.4 Å². The maximum absolute atomic E-state index is 12.3. The van der Waals surface area contributed by atoms with Crippen LogP contribution < -0.4 is 20.1 Å². The summed E-state index contributed by atoms with van der Waals surface area (Å²) in [6.07, 6.45) is 4.88. The first-order valence-electron chi connectivity index (χ1n) is 8.84. The van der Waals surface area contributed by atoms with E-state index < -0.39 is 0 Å². The lowest BCUT2D eigenvalue weighted by Crippen LogP contribution is -2.40. The molecule has 0 bridgehead atoms. The van der Waals surface area contributed by atoms with Crippen molar-refractivity contribution in [3.05, 3.63) is 35.7 Å². The smallest absolute Gasteiger partial charge is 0.273 e. The van der Waals surface area contributed by atoms with Crippen LogP contribution in [0.4, 0.5) is 0 Å². The van der Waals surface area contributed by atoms with Gasteiger partial charge in [-0.05, 0) is 37.8 Å². The van der Waals surface area contributed by atoms with E-state index in [1.807, 2.05) is 0 Å². The highest BCUT2D eigenvalue weighted by Crippen LogP contribution is 2.28. The maximum Gasteiger partial charge on any atom is 0.273 e. The van der Waals surface area contributed by atoms with Gasteiger partial charge in [-0.2, -0.15) is 10.4 Å². The molecule has 1 fully saturated rings. The molecule has 1 saturated carbocycles. The fraction of sp³-hybridized carbons (Fsp3) is 0.474. The second-order valence-electron chi connectivity index (χ2n) is 6.16. The van der Waals surface area contributed by atoms with Gasteiger partial charge in [0.05, 0.1) is 18.8 Å². The summed E-state index contributed by atoms with van der Waals surface area (Å²) >= 11 is 0. The minimum Gasteiger partial charge on any atom is -0.495 e. The number of methoxy groups -OCH3 is 1. The van der Waals surface area contributed by atoms with E-state index in [0.717, 1.165) is 25.7 Å². The van der Waals surface area contributed by atoms with Gasteiger partial charge in [0.15, 0.2) is 5.70 Å². The van der Waals surface area contributed by atoms with Gasteiger partial charge in [0.25, 0.3) is 5.91 Å². The number of azo groups is 1. The Morgan fingerprint density at radius 1 is 1.33 bits per heavy atom. The fourth-order valence-electron chi connectivity index (χ4n) is 3.00. The molecule has 8 nitrogen and oxygen atoms in total. The summed E-state index contributed by atoms with van der Waals surface area (Å²) in [6, 6.07) is 7.37. The van der Waals surface area contributed by atoms with Gasteiger partial charge in [-0.25, -0.2) is 0 Å². The second-order valence-corrected chi connectivity index (χ2v) is 6.16. The predicted molar refractivity (Wildman–Crippen MR) is 100 cm³/mol. The van der Waals surface area contributed by atoms with Gasteiger partial charge in [-0.3, -0.25) is 4.79 Å². The molecule has 8 heteroatoms. The number of carbonyl (C=O) groups is 1. The molecule has 0 unspecified atom stereocenters. The van der Waals surface area contributed by atoms with Crippen molar-refractivity contribution in [1.29, 1.82) is 5.26 Å². The summed E-state index contributed by atoms with van der Waals surface area (Å²) in [6.45, 7) is 0. The summed E-state index contributed by atoms with van der Waals surface area (Å²) < 4.78 is 11.2. The molecule has 2 rings (SSSR count). The fourth-order valence-corrected chi connectivity index (χ4v) is 3.00. The highest BCUT2D eigenvalue weighted by atomic mass is 16.5. The average molecular weight is 371 g/mol. The number of carbonyl (C=O) groups excluding carboxylic acids is 1. The van der Waals surface area contributed by atoms with Gasteiger partial charge in [-0.15, -0.1) is 5.11 Å². The molecule has 0 spiro atoms. The minimum absolute atomic E-state index is 0.0680. The molecule has 0 aromatic heterocycles. The molecular weight excluding hydrogens is 346 g/mol. The molecule has 1 amide bonds. The van der Waals surface area contributed by atoms with Crippen molar-refractivity contribution in [1.82, 2.24) is 10.6 Å². The summed E-state index contributed by atoms with van der Waals surface area (Å²) in [4.78, 5) is 12.3. The largest absolute Gasteiger partial charge is 0.495 e. The third-order valence-electron chi connectivity index (χ3n) is 4.33. The molecule has 0 heterocycles. The third kappa shape index (κ3) is 5.71. The first-order valence-corrected chi connectivity index (χ1v) is 8.84. The number of nitriles is 1. The quantitative estimate of drug-likeness (QED) is 0.565. The number of nitrogens with one attached hydrogen (secondary N) is 2. The zero-order valence-corrected chi connectivity index (χ0v) is 15.9. The van der Waals surface area contributed by atoms with E-state index in [9.17, 15) is 4.79 Å². The van der Waals surface area contributed by atoms with Crippen LogP contribution in [0.5, 0.6) is 11.5 Å². The average Bonchev–Trinajstić information content (AvgIpc) is 2.69. The van der Waals surface area contributed by atoms with Crippen molar-refractivity contribution in [3.8, 4) is 17.6 Å². The lowest BCUT2D eigenvalue weighted by molar-refractivity contribution is -0.118. The Balaban J connectivity index is 1.88. The van der Waals surface area contributed by atoms with Crippen LogP contribution in [0.1, 0.15) is 31.2 Å². The van der Waals surface area contributed by atoms with Crippen LogP contribution in [0, 0.1) is 11.3 Å². The van der Waals surface area contributed by atoms with Crippen LogP contribution in [-0.4, -0.2) is 39.3 Å². The van der Waals surface area contributed by atoms with Crippen LogP contribution in [0.3, 0.4) is 0 Å². The Kier molecular flexibility index (Phi) is 7.62. The van der Waals surface area contributed by atoms with Crippen molar-refractivity contribution in [2.45, 2.75) is 37.8 Å². The van der Waals surface area contributed by atoms with Crippen molar-refractivity contribution < 1.29 is 14.3 Å². The third-order valence-corrected chi connectivity index (χ3v) is 4.33. The standard InChI is InChI=1S/C19H25N5O3/c1-21-12-17(24-22-2)19(25)23-14-5-8-15(9-6-14)27-16-7-4-13(11-20)18(10-16)26-3/h4,7,10,12,14-15,21H,5-6,8-9H2,1-3H3,(H,23,25)/b17-12-,24-22-/t14-,15-. The van der Waals surface area contributed by atoms with Crippen LogP contribution in [0.15, 0.2) is 40.3 Å². The normalized spacial score (nSPS) is 20.0. The van der Waals surface area contributed by atoms with E-state index in [1.165, 1.54) is 20.4 Å². The Morgan fingerprint density at radius 3 is 2.67 bits per heavy atom.